The number of ether oxygens (including phenoxy) is 1. The van der Waals surface area contributed by atoms with Crippen molar-refractivity contribution in [3.63, 3.8) is 0 Å². The number of Topliss-reactive ketones (excluding diaryl/α,β-unsaturated/α-hetero) is 1. The first kappa shape index (κ1) is 24.8. The number of piperidine rings is 1. The Bertz CT molecular complexity index is 1370. The molecule has 8 heteroatoms. The number of rotatable bonds is 5. The molecule has 190 valence electrons. The molecule has 1 unspecified atom stereocenters. The molecule has 3 heterocycles. The number of halogens is 1. The number of aryl methyl sites for hydroxylation is 1. The molecule has 2 aromatic carbocycles. The molecule has 0 aliphatic carbocycles. The summed E-state index contributed by atoms with van der Waals surface area (Å²) in [5.41, 5.74) is 3.29. The Hall–Kier alpha value is -3.84. The van der Waals surface area contributed by atoms with Crippen molar-refractivity contribution in [2.24, 2.45) is 0 Å². The molecule has 1 N–H and O–H groups in total. The first-order valence-electron chi connectivity index (χ1n) is 12.3. The Morgan fingerprint density at radius 2 is 1.65 bits per heavy atom. The van der Waals surface area contributed by atoms with Crippen LogP contribution in [-0.4, -0.2) is 42.0 Å². The molecular formula is C29H28ClN3O4. The van der Waals surface area contributed by atoms with E-state index >= 15 is 0 Å². The van der Waals surface area contributed by atoms with Gasteiger partial charge in [-0.25, -0.2) is 0 Å². The zero-order chi connectivity index (χ0) is 26.1. The summed E-state index contributed by atoms with van der Waals surface area (Å²) in [5.74, 6) is -1.60. The maximum atomic E-state index is 13.5. The number of amides is 1. The van der Waals surface area contributed by atoms with Gasteiger partial charge < -0.3 is 14.7 Å². The summed E-state index contributed by atoms with van der Waals surface area (Å²) < 4.78 is 5.45. The van der Waals surface area contributed by atoms with Crippen molar-refractivity contribution in [2.45, 2.75) is 32.2 Å². The zero-order valence-electron chi connectivity index (χ0n) is 20.8. The summed E-state index contributed by atoms with van der Waals surface area (Å²) >= 11 is 6.37. The number of pyridine rings is 1. The number of benzene rings is 2. The summed E-state index contributed by atoms with van der Waals surface area (Å²) in [5, 5.41) is 11.8. The quantitative estimate of drug-likeness (QED) is 0.267. The molecule has 37 heavy (non-hydrogen) atoms. The molecule has 2 saturated heterocycles. The van der Waals surface area contributed by atoms with E-state index in [0.29, 0.717) is 16.3 Å². The number of hydrogen-bond donors (Lipinski definition) is 1. The Morgan fingerprint density at radius 3 is 2.30 bits per heavy atom. The highest BCUT2D eigenvalue weighted by Crippen LogP contribution is 2.44. The van der Waals surface area contributed by atoms with Gasteiger partial charge in [-0.05, 0) is 85.8 Å². The molecule has 2 aliphatic rings. The third kappa shape index (κ3) is 4.55. The van der Waals surface area contributed by atoms with Crippen molar-refractivity contribution in [3.05, 3.63) is 88.2 Å². The van der Waals surface area contributed by atoms with Gasteiger partial charge in [0.2, 0.25) is 0 Å². The predicted molar refractivity (Wildman–Crippen MR) is 144 cm³/mol. The number of aliphatic hydroxyl groups is 1. The van der Waals surface area contributed by atoms with E-state index in [1.54, 1.807) is 36.7 Å². The monoisotopic (exact) mass is 517 g/mol. The van der Waals surface area contributed by atoms with Gasteiger partial charge in [0, 0.05) is 36.9 Å². The van der Waals surface area contributed by atoms with Gasteiger partial charge in [0.1, 0.15) is 11.5 Å². The minimum Gasteiger partial charge on any atom is -0.507 e. The van der Waals surface area contributed by atoms with Gasteiger partial charge in [0.15, 0.2) is 0 Å². The van der Waals surface area contributed by atoms with Crippen molar-refractivity contribution < 1.29 is 19.4 Å². The minimum absolute atomic E-state index is 0.0312. The average molecular weight is 518 g/mol. The lowest BCUT2D eigenvalue weighted by molar-refractivity contribution is -0.132. The van der Waals surface area contributed by atoms with Crippen LogP contribution < -0.4 is 14.5 Å². The summed E-state index contributed by atoms with van der Waals surface area (Å²) in [6.07, 6.45) is 6.75. The van der Waals surface area contributed by atoms with Gasteiger partial charge in [0.05, 0.1) is 29.3 Å². The molecule has 0 radical (unpaired) electrons. The lowest BCUT2D eigenvalue weighted by Crippen LogP contribution is -2.30. The predicted octanol–water partition coefficient (Wildman–Crippen LogP) is 5.67. The first-order valence-corrected chi connectivity index (χ1v) is 12.7. The molecule has 1 amide bonds. The van der Waals surface area contributed by atoms with Crippen molar-refractivity contribution in [1.82, 2.24) is 4.98 Å². The number of aromatic nitrogens is 1. The van der Waals surface area contributed by atoms with Crippen LogP contribution in [0.2, 0.25) is 5.02 Å². The van der Waals surface area contributed by atoms with Gasteiger partial charge >= 0.3 is 0 Å². The lowest BCUT2D eigenvalue weighted by atomic mass is 9.95. The fourth-order valence-electron chi connectivity index (χ4n) is 5.19. The fourth-order valence-corrected chi connectivity index (χ4v) is 5.54. The highest BCUT2D eigenvalue weighted by Gasteiger charge is 2.47. The van der Waals surface area contributed by atoms with Crippen LogP contribution in [0.3, 0.4) is 0 Å². The Labute approximate surface area is 220 Å². The second-order valence-corrected chi connectivity index (χ2v) is 9.75. The van der Waals surface area contributed by atoms with E-state index in [2.05, 4.69) is 9.88 Å². The summed E-state index contributed by atoms with van der Waals surface area (Å²) in [7, 11) is 1.44. The topological polar surface area (TPSA) is 83.0 Å². The van der Waals surface area contributed by atoms with Crippen LogP contribution >= 0.6 is 11.6 Å². The maximum absolute atomic E-state index is 13.5. The van der Waals surface area contributed by atoms with Crippen molar-refractivity contribution >= 4 is 40.4 Å². The van der Waals surface area contributed by atoms with Crippen molar-refractivity contribution in [2.75, 3.05) is 30.0 Å². The molecule has 2 aliphatic heterocycles. The Balaban J connectivity index is 1.64. The number of nitrogens with zero attached hydrogens (tertiary/aromatic N) is 3. The fraction of sp³-hybridized carbons (Fsp3) is 0.276. The van der Waals surface area contributed by atoms with E-state index in [0.717, 1.165) is 37.2 Å². The Kier molecular flexibility index (Phi) is 6.89. The molecule has 5 rings (SSSR count). The molecule has 0 saturated carbocycles. The average Bonchev–Trinajstić information content (AvgIpc) is 3.19. The number of carbonyl (C=O) groups is 2. The third-order valence-corrected chi connectivity index (χ3v) is 7.24. The van der Waals surface area contributed by atoms with Crippen molar-refractivity contribution in [1.29, 1.82) is 0 Å². The number of aliphatic hydroxyl groups excluding tert-OH is 1. The number of carbonyl (C=O) groups excluding carboxylic acids is 2. The van der Waals surface area contributed by atoms with Gasteiger partial charge in [-0.1, -0.05) is 11.6 Å². The molecule has 3 aromatic rings. The summed E-state index contributed by atoms with van der Waals surface area (Å²) in [4.78, 5) is 34.8. The molecule has 0 bridgehead atoms. The number of hydrogen-bond acceptors (Lipinski definition) is 6. The minimum atomic E-state index is -0.854. The summed E-state index contributed by atoms with van der Waals surface area (Å²) in [6, 6.07) is 13.7. The van der Waals surface area contributed by atoms with Crippen LogP contribution in [-0.2, 0) is 9.59 Å². The van der Waals surface area contributed by atoms with Gasteiger partial charge in [-0.15, -0.1) is 0 Å². The smallest absolute Gasteiger partial charge is 0.300 e. The van der Waals surface area contributed by atoms with Crippen LogP contribution in [0.5, 0.6) is 5.75 Å². The molecule has 1 aromatic heterocycles. The highest BCUT2D eigenvalue weighted by atomic mass is 35.5. The summed E-state index contributed by atoms with van der Waals surface area (Å²) in [6.45, 7) is 3.83. The number of anilines is 2. The van der Waals surface area contributed by atoms with Gasteiger partial charge in [0.25, 0.3) is 11.7 Å². The van der Waals surface area contributed by atoms with E-state index in [1.807, 2.05) is 31.2 Å². The van der Waals surface area contributed by atoms with Crippen LogP contribution in [0.1, 0.15) is 42.0 Å². The van der Waals surface area contributed by atoms with E-state index in [-0.39, 0.29) is 22.6 Å². The van der Waals surface area contributed by atoms with Crippen LogP contribution in [0.25, 0.3) is 5.76 Å². The molecule has 0 spiro atoms. The Morgan fingerprint density at radius 1 is 1.00 bits per heavy atom. The number of methoxy groups -OCH3 is 1. The SMILES string of the molecule is COc1c(Cl)cc(C)cc1/C(O)=C1\C(=O)C(=O)N(c2ccc(N3CCCCC3)cc2)C1c1ccncc1. The van der Waals surface area contributed by atoms with E-state index < -0.39 is 17.7 Å². The first-order chi connectivity index (χ1) is 17.9. The second-order valence-electron chi connectivity index (χ2n) is 9.34. The van der Waals surface area contributed by atoms with E-state index in [9.17, 15) is 14.7 Å². The van der Waals surface area contributed by atoms with Gasteiger partial charge in [-0.3, -0.25) is 19.5 Å². The third-order valence-electron chi connectivity index (χ3n) is 6.96. The molecular weight excluding hydrogens is 490 g/mol. The second kappa shape index (κ2) is 10.3. The lowest BCUT2D eigenvalue weighted by Gasteiger charge is -2.30. The van der Waals surface area contributed by atoms with Crippen LogP contribution in [0.15, 0.2) is 66.5 Å². The van der Waals surface area contributed by atoms with Crippen LogP contribution in [0.4, 0.5) is 11.4 Å². The highest BCUT2D eigenvalue weighted by molar-refractivity contribution is 6.51. The standard InChI is InChI=1S/C29H28ClN3O4/c1-18-16-22(28(37-2)23(30)17-18)26(34)24-25(19-10-12-31-13-11-19)33(29(36)27(24)35)21-8-6-20(7-9-21)32-14-4-3-5-15-32/h6-13,16-17,25,34H,3-5,14-15H2,1-2H3/b26-24+. The van der Waals surface area contributed by atoms with E-state index in [4.69, 9.17) is 16.3 Å². The largest absolute Gasteiger partial charge is 0.507 e. The molecule has 2 fully saturated rings. The normalized spacial score (nSPS) is 19.4. The maximum Gasteiger partial charge on any atom is 0.300 e. The van der Waals surface area contributed by atoms with Crippen LogP contribution in [0, 0.1) is 6.92 Å². The molecule has 1 atom stereocenters. The molecule has 7 nitrogen and oxygen atoms in total. The van der Waals surface area contributed by atoms with Gasteiger partial charge in [-0.2, -0.15) is 0 Å². The zero-order valence-corrected chi connectivity index (χ0v) is 21.5. The number of ketones is 1. The van der Waals surface area contributed by atoms with E-state index in [1.165, 1.54) is 18.4 Å². The van der Waals surface area contributed by atoms with Crippen molar-refractivity contribution in [3.8, 4) is 5.75 Å².